The number of ether oxygens (including phenoxy) is 1. The lowest BCUT2D eigenvalue weighted by Crippen LogP contribution is -2.42. The van der Waals surface area contributed by atoms with Gasteiger partial charge in [-0.2, -0.15) is 0 Å². The molecule has 2 amide bonds. The monoisotopic (exact) mass is 360 g/mol. The fourth-order valence-corrected chi connectivity index (χ4v) is 3.38. The highest BCUT2D eigenvalue weighted by Crippen LogP contribution is 2.24. The summed E-state index contributed by atoms with van der Waals surface area (Å²) in [5.41, 5.74) is -0.605. The molecule has 0 saturated carbocycles. The van der Waals surface area contributed by atoms with E-state index in [4.69, 9.17) is 16.3 Å². The number of aliphatic hydroxyl groups is 1. The van der Waals surface area contributed by atoms with Crippen molar-refractivity contribution in [2.24, 2.45) is 0 Å². The van der Waals surface area contributed by atoms with Gasteiger partial charge in [-0.15, -0.1) is 11.3 Å². The van der Waals surface area contributed by atoms with Crippen molar-refractivity contribution in [3.05, 3.63) is 21.3 Å². The maximum absolute atomic E-state index is 12.2. The molecule has 8 heteroatoms. The van der Waals surface area contributed by atoms with Crippen LogP contribution in [-0.2, 0) is 4.74 Å². The lowest BCUT2D eigenvalue weighted by Gasteiger charge is -2.27. The molecule has 0 bridgehead atoms. The van der Waals surface area contributed by atoms with Crippen LogP contribution in [0.3, 0.4) is 0 Å². The van der Waals surface area contributed by atoms with E-state index >= 15 is 0 Å². The lowest BCUT2D eigenvalue weighted by molar-refractivity contribution is 0.0173. The number of thiophene rings is 1. The topological polar surface area (TPSA) is 78.9 Å². The molecule has 128 valence electrons. The quantitative estimate of drug-likeness (QED) is 0.868. The molecule has 2 rings (SSSR count). The van der Waals surface area contributed by atoms with Gasteiger partial charge in [-0.1, -0.05) is 11.6 Å². The Hall–Kier alpha value is -1.31. The van der Waals surface area contributed by atoms with Crippen molar-refractivity contribution in [2.75, 3.05) is 13.2 Å². The molecular formula is C15H21ClN2O4S. The van der Waals surface area contributed by atoms with Crippen molar-refractivity contribution in [1.82, 2.24) is 10.2 Å². The Kier molecular flexibility index (Phi) is 5.54. The standard InChI is InChI=1S/C15H21ClN2O4S/c1-15(2,3)22-14(21)18-7-9(6-10(18)8-19)17-13(20)11-4-5-12(16)23-11/h4-5,9-10,19H,6-8H2,1-3H3,(H,17,20)/t9-,10+/m1/s1. The number of nitrogens with zero attached hydrogens (tertiary/aromatic N) is 1. The van der Waals surface area contributed by atoms with Crippen LogP contribution < -0.4 is 5.32 Å². The normalized spacial score (nSPS) is 21.3. The molecule has 0 radical (unpaired) electrons. The van der Waals surface area contributed by atoms with Crippen LogP contribution in [0, 0.1) is 0 Å². The first kappa shape index (κ1) is 18.0. The van der Waals surface area contributed by atoms with Gasteiger partial charge in [0.2, 0.25) is 0 Å². The van der Waals surface area contributed by atoms with E-state index in [-0.39, 0.29) is 24.6 Å². The Morgan fingerprint density at radius 2 is 2.17 bits per heavy atom. The Balaban J connectivity index is 1.98. The fraction of sp³-hybridized carbons (Fsp3) is 0.600. The third-order valence-electron chi connectivity index (χ3n) is 3.39. The molecule has 1 aliphatic rings. The van der Waals surface area contributed by atoms with Gasteiger partial charge < -0.3 is 20.1 Å². The molecule has 1 aromatic heterocycles. The number of amides is 2. The van der Waals surface area contributed by atoms with Gasteiger partial charge in [0.05, 0.1) is 21.9 Å². The number of hydrogen-bond acceptors (Lipinski definition) is 5. The average molecular weight is 361 g/mol. The van der Waals surface area contributed by atoms with Crippen molar-refractivity contribution in [3.8, 4) is 0 Å². The van der Waals surface area contributed by atoms with E-state index in [1.165, 1.54) is 16.2 Å². The molecule has 0 unspecified atom stereocenters. The second-order valence-electron chi connectivity index (χ2n) is 6.48. The van der Waals surface area contributed by atoms with E-state index in [9.17, 15) is 14.7 Å². The summed E-state index contributed by atoms with van der Waals surface area (Å²) in [6, 6.07) is 2.74. The average Bonchev–Trinajstić information content (AvgIpc) is 3.03. The second kappa shape index (κ2) is 7.07. The van der Waals surface area contributed by atoms with Crippen LogP contribution in [0.25, 0.3) is 0 Å². The number of nitrogens with one attached hydrogen (secondary N) is 1. The number of aliphatic hydroxyl groups excluding tert-OH is 1. The van der Waals surface area contributed by atoms with E-state index in [1.54, 1.807) is 32.9 Å². The molecule has 1 fully saturated rings. The molecule has 2 atom stereocenters. The molecule has 6 nitrogen and oxygen atoms in total. The highest BCUT2D eigenvalue weighted by atomic mass is 35.5. The molecule has 1 saturated heterocycles. The first-order chi connectivity index (χ1) is 10.7. The number of hydrogen-bond donors (Lipinski definition) is 2. The maximum atomic E-state index is 12.2. The molecule has 0 aromatic carbocycles. The molecule has 23 heavy (non-hydrogen) atoms. The van der Waals surface area contributed by atoms with E-state index in [0.717, 1.165) is 0 Å². The summed E-state index contributed by atoms with van der Waals surface area (Å²) in [7, 11) is 0. The van der Waals surface area contributed by atoms with Gasteiger partial charge in [0, 0.05) is 12.6 Å². The Morgan fingerprint density at radius 3 is 2.70 bits per heavy atom. The van der Waals surface area contributed by atoms with Crippen molar-refractivity contribution >= 4 is 34.9 Å². The van der Waals surface area contributed by atoms with Crippen LogP contribution in [0.2, 0.25) is 4.34 Å². The summed E-state index contributed by atoms with van der Waals surface area (Å²) in [6.45, 7) is 5.50. The van der Waals surface area contributed by atoms with E-state index in [1.807, 2.05) is 0 Å². The molecular weight excluding hydrogens is 340 g/mol. The minimum absolute atomic E-state index is 0.170. The highest BCUT2D eigenvalue weighted by molar-refractivity contribution is 7.17. The summed E-state index contributed by atoms with van der Waals surface area (Å²) in [4.78, 5) is 26.3. The Morgan fingerprint density at radius 1 is 1.48 bits per heavy atom. The number of halogens is 1. The minimum atomic E-state index is -0.605. The van der Waals surface area contributed by atoms with Crippen LogP contribution in [0.5, 0.6) is 0 Å². The predicted molar refractivity (Wildman–Crippen MR) is 89.0 cm³/mol. The summed E-state index contributed by atoms with van der Waals surface area (Å²) < 4.78 is 5.89. The Bertz CT molecular complexity index is 584. The lowest BCUT2D eigenvalue weighted by atomic mass is 10.2. The largest absolute Gasteiger partial charge is 0.444 e. The number of carbonyl (C=O) groups excluding carboxylic acids is 2. The zero-order valence-corrected chi connectivity index (χ0v) is 14.9. The van der Waals surface area contributed by atoms with Gasteiger partial charge >= 0.3 is 6.09 Å². The van der Waals surface area contributed by atoms with Gasteiger partial charge in [0.15, 0.2) is 0 Å². The van der Waals surface area contributed by atoms with Crippen molar-refractivity contribution in [2.45, 2.75) is 44.9 Å². The van der Waals surface area contributed by atoms with Crippen LogP contribution in [0.4, 0.5) is 4.79 Å². The van der Waals surface area contributed by atoms with Crippen LogP contribution in [0.15, 0.2) is 12.1 Å². The van der Waals surface area contributed by atoms with Gasteiger partial charge in [0.25, 0.3) is 5.91 Å². The molecule has 1 aromatic rings. The van der Waals surface area contributed by atoms with E-state index in [0.29, 0.717) is 22.2 Å². The van der Waals surface area contributed by atoms with Gasteiger partial charge in [-0.3, -0.25) is 4.79 Å². The van der Waals surface area contributed by atoms with Gasteiger partial charge in [-0.25, -0.2) is 4.79 Å². The number of likely N-dealkylation sites (tertiary alicyclic amines) is 1. The van der Waals surface area contributed by atoms with Crippen molar-refractivity contribution in [3.63, 3.8) is 0 Å². The van der Waals surface area contributed by atoms with Crippen LogP contribution in [-0.4, -0.2) is 52.8 Å². The molecule has 0 aliphatic carbocycles. The zero-order chi connectivity index (χ0) is 17.2. The molecule has 1 aliphatic heterocycles. The second-order valence-corrected chi connectivity index (χ2v) is 8.19. The van der Waals surface area contributed by atoms with Crippen LogP contribution >= 0.6 is 22.9 Å². The summed E-state index contributed by atoms with van der Waals surface area (Å²) in [5, 5.41) is 12.4. The van der Waals surface area contributed by atoms with Crippen LogP contribution in [0.1, 0.15) is 36.9 Å². The highest BCUT2D eigenvalue weighted by Gasteiger charge is 2.37. The third-order valence-corrected chi connectivity index (χ3v) is 4.62. The van der Waals surface area contributed by atoms with Crippen molar-refractivity contribution < 1.29 is 19.4 Å². The number of carbonyl (C=O) groups is 2. The Labute approximate surface area is 144 Å². The van der Waals surface area contributed by atoms with E-state index in [2.05, 4.69) is 5.32 Å². The summed E-state index contributed by atoms with van der Waals surface area (Å²) >= 11 is 7.03. The third kappa shape index (κ3) is 4.83. The van der Waals surface area contributed by atoms with Gasteiger partial charge in [0.1, 0.15) is 5.60 Å². The maximum Gasteiger partial charge on any atom is 0.410 e. The molecule has 2 heterocycles. The fourth-order valence-electron chi connectivity index (χ4n) is 2.43. The van der Waals surface area contributed by atoms with E-state index < -0.39 is 11.7 Å². The van der Waals surface area contributed by atoms with Crippen molar-refractivity contribution in [1.29, 1.82) is 0 Å². The smallest absolute Gasteiger partial charge is 0.410 e. The predicted octanol–water partition coefficient (Wildman–Crippen LogP) is 2.50. The molecule has 2 N–H and O–H groups in total. The van der Waals surface area contributed by atoms with Gasteiger partial charge in [-0.05, 0) is 39.3 Å². The molecule has 0 spiro atoms. The SMILES string of the molecule is CC(C)(C)OC(=O)N1C[C@H](NC(=O)c2ccc(Cl)s2)C[C@H]1CO. The number of rotatable bonds is 3. The summed E-state index contributed by atoms with van der Waals surface area (Å²) in [5.74, 6) is -0.227. The minimum Gasteiger partial charge on any atom is -0.444 e. The first-order valence-electron chi connectivity index (χ1n) is 7.36. The zero-order valence-electron chi connectivity index (χ0n) is 13.3. The summed E-state index contributed by atoms with van der Waals surface area (Å²) in [6.07, 6.45) is 0.00750. The first-order valence-corrected chi connectivity index (χ1v) is 8.55.